The molecule has 0 spiro atoms. The van der Waals surface area contributed by atoms with Crippen molar-refractivity contribution >= 4 is 5.91 Å². The molecule has 0 radical (unpaired) electrons. The van der Waals surface area contributed by atoms with Gasteiger partial charge in [-0.3, -0.25) is 4.79 Å². The topological polar surface area (TPSA) is 55.3 Å². The average Bonchev–Trinajstić information content (AvgIpc) is 2.54. The van der Waals surface area contributed by atoms with Gasteiger partial charge in [-0.2, -0.15) is 0 Å². The number of ether oxygens (including phenoxy) is 1. The second kappa shape index (κ2) is 5.71. The molecule has 2 aromatic rings. The second-order valence-corrected chi connectivity index (χ2v) is 5.23. The molecule has 0 saturated heterocycles. The lowest BCUT2D eigenvalue weighted by Gasteiger charge is -2.35. The van der Waals surface area contributed by atoms with Crippen LogP contribution in [0.25, 0.3) is 0 Å². The van der Waals surface area contributed by atoms with E-state index in [4.69, 9.17) is 4.74 Å². The zero-order chi connectivity index (χ0) is 15.7. The molecule has 6 heteroatoms. The monoisotopic (exact) mass is 301 g/mol. The Hall–Kier alpha value is -2.50. The number of amides is 1. The smallest absolute Gasteiger partial charge is 0.274 e. The number of hydrogen-bond donors (Lipinski definition) is 0. The summed E-state index contributed by atoms with van der Waals surface area (Å²) in [6.45, 7) is 2.47. The predicted octanol–water partition coefficient (Wildman–Crippen LogP) is 2.38. The van der Waals surface area contributed by atoms with Gasteiger partial charge in [0.2, 0.25) is 5.88 Å². The number of fused-ring (bicyclic) bond motifs is 1. The molecule has 1 aliphatic rings. The summed E-state index contributed by atoms with van der Waals surface area (Å²) in [5.41, 5.74) is 2.21. The molecule has 22 heavy (non-hydrogen) atoms. The van der Waals surface area contributed by atoms with Crippen LogP contribution in [0.5, 0.6) is 5.88 Å². The fourth-order valence-electron chi connectivity index (χ4n) is 2.77. The minimum atomic E-state index is -0.244. The lowest BCUT2D eigenvalue weighted by Crippen LogP contribution is -2.39. The van der Waals surface area contributed by atoms with Crippen molar-refractivity contribution in [2.75, 3.05) is 13.7 Å². The molecule has 0 aliphatic carbocycles. The molecule has 1 aromatic carbocycles. The van der Waals surface area contributed by atoms with Crippen molar-refractivity contribution in [2.24, 2.45) is 0 Å². The van der Waals surface area contributed by atoms with E-state index in [1.54, 1.807) is 29.2 Å². The number of aromatic nitrogens is 2. The Labute approximate surface area is 127 Å². The number of nitrogens with zero attached hydrogens (tertiary/aromatic N) is 3. The minimum Gasteiger partial charge on any atom is -0.480 e. The molecule has 0 bridgehead atoms. The van der Waals surface area contributed by atoms with Crippen LogP contribution in [0, 0.1) is 5.82 Å². The first-order valence-electron chi connectivity index (χ1n) is 7.07. The highest BCUT2D eigenvalue weighted by molar-refractivity contribution is 5.92. The third-order valence-electron chi connectivity index (χ3n) is 3.97. The first kappa shape index (κ1) is 14.4. The van der Waals surface area contributed by atoms with Crippen molar-refractivity contribution in [3.05, 3.63) is 53.0 Å². The largest absolute Gasteiger partial charge is 0.480 e. The molecule has 0 saturated carbocycles. The maximum Gasteiger partial charge on any atom is 0.274 e. The zero-order valence-corrected chi connectivity index (χ0v) is 12.4. The van der Waals surface area contributed by atoms with Gasteiger partial charge in [-0.25, -0.2) is 4.39 Å². The van der Waals surface area contributed by atoms with Crippen molar-refractivity contribution in [1.82, 2.24) is 15.1 Å². The first-order chi connectivity index (χ1) is 10.6. The molecule has 1 aliphatic heterocycles. The van der Waals surface area contributed by atoms with Crippen LogP contribution >= 0.6 is 0 Å². The Morgan fingerprint density at radius 3 is 2.82 bits per heavy atom. The van der Waals surface area contributed by atoms with E-state index in [2.05, 4.69) is 10.2 Å². The molecule has 2 heterocycles. The molecule has 1 aromatic heterocycles. The van der Waals surface area contributed by atoms with Crippen molar-refractivity contribution in [2.45, 2.75) is 19.4 Å². The van der Waals surface area contributed by atoms with E-state index in [1.165, 1.54) is 13.2 Å². The van der Waals surface area contributed by atoms with Gasteiger partial charge >= 0.3 is 0 Å². The third kappa shape index (κ3) is 2.52. The third-order valence-corrected chi connectivity index (χ3v) is 3.97. The minimum absolute atomic E-state index is 0.124. The van der Waals surface area contributed by atoms with E-state index in [1.807, 2.05) is 6.92 Å². The summed E-state index contributed by atoms with van der Waals surface area (Å²) in [6.07, 6.45) is 0.632. The molecule has 0 unspecified atom stereocenters. The van der Waals surface area contributed by atoms with Gasteiger partial charge < -0.3 is 9.64 Å². The van der Waals surface area contributed by atoms with E-state index in [9.17, 15) is 9.18 Å². The molecule has 114 valence electrons. The van der Waals surface area contributed by atoms with Crippen molar-refractivity contribution in [1.29, 1.82) is 0 Å². The lowest BCUT2D eigenvalue weighted by molar-refractivity contribution is 0.0670. The quantitative estimate of drug-likeness (QED) is 0.854. The number of rotatable bonds is 2. The number of halogens is 1. The van der Waals surface area contributed by atoms with Crippen LogP contribution in [0.2, 0.25) is 0 Å². The maximum absolute atomic E-state index is 13.3. The molecule has 0 fully saturated rings. The number of carbonyl (C=O) groups is 1. The summed E-state index contributed by atoms with van der Waals surface area (Å²) in [5.74, 6) is -0.0616. The highest BCUT2D eigenvalue weighted by atomic mass is 19.1. The maximum atomic E-state index is 13.3. The standard InChI is InChI=1S/C16H16FN3O2/c1-10-13-4-3-12(17)9-11(13)7-8-20(10)16(21)14-5-6-15(22-2)19-18-14/h3-6,9-10H,7-8H2,1-2H3/t10-/m1/s1. The normalized spacial score (nSPS) is 17.0. The van der Waals surface area contributed by atoms with Crippen LogP contribution in [0.15, 0.2) is 30.3 Å². The van der Waals surface area contributed by atoms with Crippen LogP contribution in [0.1, 0.15) is 34.6 Å². The van der Waals surface area contributed by atoms with Gasteiger partial charge in [0.1, 0.15) is 5.82 Å². The van der Waals surface area contributed by atoms with Crippen LogP contribution in [-0.4, -0.2) is 34.7 Å². The van der Waals surface area contributed by atoms with E-state index in [0.717, 1.165) is 11.1 Å². The molecule has 5 nitrogen and oxygen atoms in total. The Morgan fingerprint density at radius 2 is 2.14 bits per heavy atom. The molecule has 1 atom stereocenters. The number of hydrogen-bond acceptors (Lipinski definition) is 4. The summed E-state index contributed by atoms with van der Waals surface area (Å²) in [7, 11) is 1.49. The fourth-order valence-corrected chi connectivity index (χ4v) is 2.77. The first-order valence-corrected chi connectivity index (χ1v) is 7.07. The lowest BCUT2D eigenvalue weighted by atomic mass is 9.93. The zero-order valence-electron chi connectivity index (χ0n) is 12.4. The highest BCUT2D eigenvalue weighted by Gasteiger charge is 2.29. The van der Waals surface area contributed by atoms with Gasteiger partial charge in [0, 0.05) is 12.6 Å². The molecule has 1 amide bonds. The van der Waals surface area contributed by atoms with E-state index < -0.39 is 0 Å². The van der Waals surface area contributed by atoms with Gasteiger partial charge in [-0.1, -0.05) is 6.07 Å². The van der Waals surface area contributed by atoms with Gasteiger partial charge in [0.15, 0.2) is 5.69 Å². The Morgan fingerprint density at radius 1 is 1.32 bits per heavy atom. The van der Waals surface area contributed by atoms with Crippen LogP contribution in [0.3, 0.4) is 0 Å². The number of benzene rings is 1. The van der Waals surface area contributed by atoms with E-state index >= 15 is 0 Å². The summed E-state index contributed by atoms with van der Waals surface area (Å²) < 4.78 is 18.2. The molecule has 0 N–H and O–H groups in total. The van der Waals surface area contributed by atoms with Gasteiger partial charge in [-0.05, 0) is 42.7 Å². The number of methoxy groups -OCH3 is 1. The van der Waals surface area contributed by atoms with Crippen LogP contribution in [0.4, 0.5) is 4.39 Å². The van der Waals surface area contributed by atoms with Crippen LogP contribution < -0.4 is 4.74 Å². The summed E-state index contributed by atoms with van der Waals surface area (Å²) in [6, 6.07) is 7.80. The average molecular weight is 301 g/mol. The van der Waals surface area contributed by atoms with Crippen molar-refractivity contribution < 1.29 is 13.9 Å². The molecular formula is C16H16FN3O2. The predicted molar refractivity (Wildman–Crippen MR) is 78.1 cm³/mol. The number of carbonyl (C=O) groups excluding carboxylic acids is 1. The van der Waals surface area contributed by atoms with E-state index in [-0.39, 0.29) is 23.5 Å². The van der Waals surface area contributed by atoms with Crippen molar-refractivity contribution in [3.63, 3.8) is 0 Å². The Kier molecular flexibility index (Phi) is 3.75. The Bertz CT molecular complexity index is 703. The summed E-state index contributed by atoms with van der Waals surface area (Å²) in [4.78, 5) is 14.3. The highest BCUT2D eigenvalue weighted by Crippen LogP contribution is 2.30. The summed E-state index contributed by atoms with van der Waals surface area (Å²) >= 11 is 0. The van der Waals surface area contributed by atoms with Gasteiger partial charge in [-0.15, -0.1) is 10.2 Å². The molecule has 3 rings (SSSR count). The second-order valence-electron chi connectivity index (χ2n) is 5.23. The molecular weight excluding hydrogens is 285 g/mol. The van der Waals surface area contributed by atoms with Crippen LogP contribution in [-0.2, 0) is 6.42 Å². The van der Waals surface area contributed by atoms with E-state index in [0.29, 0.717) is 18.8 Å². The van der Waals surface area contributed by atoms with Gasteiger partial charge in [0.25, 0.3) is 5.91 Å². The van der Waals surface area contributed by atoms with Crippen molar-refractivity contribution in [3.8, 4) is 5.88 Å². The Balaban J connectivity index is 1.86. The fraction of sp³-hybridized carbons (Fsp3) is 0.312. The van der Waals surface area contributed by atoms with Gasteiger partial charge in [0.05, 0.1) is 13.2 Å². The summed E-state index contributed by atoms with van der Waals surface area (Å²) in [5, 5.41) is 7.73. The SMILES string of the molecule is COc1ccc(C(=O)N2CCc3cc(F)ccc3[C@H]2C)nn1.